The van der Waals surface area contributed by atoms with Crippen molar-refractivity contribution in [2.45, 2.75) is 39.7 Å². The molecule has 0 rings (SSSR count). The van der Waals surface area contributed by atoms with Gasteiger partial charge in [0.25, 0.3) is 0 Å². The molecule has 4 nitrogen and oxygen atoms in total. The summed E-state index contributed by atoms with van der Waals surface area (Å²) in [6.07, 6.45) is 1.82. The van der Waals surface area contributed by atoms with Crippen LogP contribution in [-0.2, 0) is 18.0 Å². The molecular formula is C11H24O4S2Si. The second-order valence-corrected chi connectivity index (χ2v) is 7.37. The van der Waals surface area contributed by atoms with Gasteiger partial charge in [-0.2, -0.15) is 0 Å². The van der Waals surface area contributed by atoms with Gasteiger partial charge >= 0.3 is 8.80 Å². The molecule has 0 aromatic rings. The van der Waals surface area contributed by atoms with Crippen molar-refractivity contribution in [3.05, 3.63) is 0 Å². The van der Waals surface area contributed by atoms with Crippen molar-refractivity contribution in [3.63, 3.8) is 0 Å². The molecule has 0 aliphatic carbocycles. The van der Waals surface area contributed by atoms with Crippen LogP contribution in [0.1, 0.15) is 33.6 Å². The van der Waals surface area contributed by atoms with Gasteiger partial charge in [-0.1, -0.05) is 12.6 Å². The highest BCUT2D eigenvalue weighted by molar-refractivity contribution is 8.10. The maximum Gasteiger partial charge on any atom is 0.500 e. The van der Waals surface area contributed by atoms with Crippen LogP contribution in [0.25, 0.3) is 0 Å². The smallest absolute Gasteiger partial charge is 0.479 e. The minimum absolute atomic E-state index is 0.290. The van der Waals surface area contributed by atoms with Crippen molar-refractivity contribution in [1.82, 2.24) is 0 Å². The van der Waals surface area contributed by atoms with E-state index in [9.17, 15) is 0 Å². The summed E-state index contributed by atoms with van der Waals surface area (Å²) in [5, 5.41) is 0. The predicted molar refractivity (Wildman–Crippen MR) is 82.2 cm³/mol. The molecule has 0 spiro atoms. The number of rotatable bonds is 11. The van der Waals surface area contributed by atoms with Crippen LogP contribution in [0.3, 0.4) is 0 Å². The van der Waals surface area contributed by atoms with Crippen LogP contribution in [0.4, 0.5) is 0 Å². The lowest BCUT2D eigenvalue weighted by atomic mass is 10.4. The summed E-state index contributed by atoms with van der Waals surface area (Å²) in [4.78, 5) is 0. The van der Waals surface area contributed by atoms with E-state index in [4.69, 9.17) is 30.2 Å². The van der Waals surface area contributed by atoms with Crippen LogP contribution in [0, 0.1) is 0 Å². The Hall–Kier alpha value is 0.337. The molecule has 0 N–H and O–H groups in total. The van der Waals surface area contributed by atoms with Crippen LogP contribution in [0.2, 0.25) is 6.04 Å². The van der Waals surface area contributed by atoms with E-state index >= 15 is 0 Å². The zero-order chi connectivity index (χ0) is 13.9. The first-order valence-electron chi connectivity index (χ1n) is 6.37. The molecule has 0 aromatic carbocycles. The lowest BCUT2D eigenvalue weighted by Gasteiger charge is -2.28. The Labute approximate surface area is 122 Å². The summed E-state index contributed by atoms with van der Waals surface area (Å²) in [7, 11) is -2.48. The van der Waals surface area contributed by atoms with Crippen molar-refractivity contribution in [1.29, 1.82) is 0 Å². The fourth-order valence-corrected chi connectivity index (χ4v) is 4.46. The zero-order valence-electron chi connectivity index (χ0n) is 11.4. The fourth-order valence-electron chi connectivity index (χ4n) is 1.60. The van der Waals surface area contributed by atoms with Crippen LogP contribution in [0.5, 0.6) is 0 Å². The highest BCUT2D eigenvalue weighted by atomic mass is 32.1. The van der Waals surface area contributed by atoms with E-state index in [-0.39, 0.29) is 4.38 Å². The Balaban J connectivity index is 4.08. The number of hydrogen-bond donors (Lipinski definition) is 1. The number of thiol groups is 1. The van der Waals surface area contributed by atoms with Crippen molar-refractivity contribution in [2.75, 3.05) is 26.4 Å². The lowest BCUT2D eigenvalue weighted by molar-refractivity contribution is 0.0704. The summed E-state index contributed by atoms with van der Waals surface area (Å²) in [5.41, 5.74) is 0. The maximum atomic E-state index is 5.75. The van der Waals surface area contributed by atoms with Gasteiger partial charge < -0.3 is 18.0 Å². The Morgan fingerprint density at radius 3 is 1.89 bits per heavy atom. The summed E-state index contributed by atoms with van der Waals surface area (Å²) in [6.45, 7) is 8.31. The van der Waals surface area contributed by atoms with Crippen molar-refractivity contribution >= 4 is 38.0 Å². The topological polar surface area (TPSA) is 36.9 Å². The molecule has 0 radical (unpaired) electrons. The Morgan fingerprint density at radius 1 is 1.00 bits per heavy atom. The number of hydrogen-bond acceptors (Lipinski definition) is 5. The summed E-state index contributed by atoms with van der Waals surface area (Å²) < 4.78 is 22.7. The van der Waals surface area contributed by atoms with E-state index in [1.165, 1.54) is 0 Å². The van der Waals surface area contributed by atoms with Gasteiger partial charge in [-0.15, -0.1) is 0 Å². The molecule has 0 amide bonds. The quantitative estimate of drug-likeness (QED) is 0.275. The van der Waals surface area contributed by atoms with Crippen molar-refractivity contribution in [3.8, 4) is 0 Å². The molecule has 0 aliphatic heterocycles. The molecule has 0 heterocycles. The molecule has 0 saturated carbocycles. The van der Waals surface area contributed by atoms with Gasteiger partial charge in [0.1, 0.15) is 0 Å². The average molecular weight is 313 g/mol. The normalized spacial score (nSPS) is 11.6. The largest absolute Gasteiger partial charge is 0.500 e. The first-order valence-corrected chi connectivity index (χ1v) is 9.16. The van der Waals surface area contributed by atoms with Gasteiger partial charge in [-0.05, 0) is 45.8 Å². The SMILES string of the molecule is CCO[Si](CCCCOC(=S)S)(OCC)OCC. The van der Waals surface area contributed by atoms with E-state index in [2.05, 4.69) is 12.6 Å². The van der Waals surface area contributed by atoms with E-state index in [0.717, 1.165) is 18.9 Å². The molecule has 0 bridgehead atoms. The molecule has 0 saturated heterocycles. The third-order valence-corrected chi connectivity index (χ3v) is 5.59. The second-order valence-electron chi connectivity index (χ2n) is 3.55. The van der Waals surface area contributed by atoms with E-state index in [0.29, 0.717) is 26.4 Å². The van der Waals surface area contributed by atoms with Gasteiger partial charge in [0.2, 0.25) is 4.38 Å². The van der Waals surface area contributed by atoms with Gasteiger partial charge in [0.05, 0.1) is 6.61 Å². The highest BCUT2D eigenvalue weighted by Crippen LogP contribution is 2.19. The molecule has 0 aliphatic rings. The minimum atomic E-state index is -2.48. The van der Waals surface area contributed by atoms with Crippen molar-refractivity contribution in [2.24, 2.45) is 0 Å². The second kappa shape index (κ2) is 11.2. The van der Waals surface area contributed by atoms with Crippen LogP contribution >= 0.6 is 24.8 Å². The van der Waals surface area contributed by atoms with Gasteiger partial charge in [-0.3, -0.25) is 0 Å². The van der Waals surface area contributed by atoms with Crippen molar-refractivity contribution < 1.29 is 18.0 Å². The summed E-state index contributed by atoms with van der Waals surface area (Å²) >= 11 is 8.62. The molecule has 0 atom stereocenters. The Kier molecular flexibility index (Phi) is 11.4. The van der Waals surface area contributed by atoms with Gasteiger partial charge in [0, 0.05) is 25.9 Å². The predicted octanol–water partition coefficient (Wildman–Crippen LogP) is 3.05. The standard InChI is InChI=1S/C11H24O4S2Si/c1-4-13-18(14-5-2,15-6-3)10-8-7-9-12-11(16)17/h4-10H2,1-3H3,(H,16,17). The number of ether oxygens (including phenoxy) is 1. The van der Waals surface area contributed by atoms with Gasteiger partial charge in [0.15, 0.2) is 0 Å². The molecule has 0 fully saturated rings. The van der Waals surface area contributed by atoms with E-state index in [1.54, 1.807) is 0 Å². The number of unbranched alkanes of at least 4 members (excludes halogenated alkanes) is 1. The number of thiocarbonyl (C=S) groups is 1. The molecule has 108 valence electrons. The minimum Gasteiger partial charge on any atom is -0.479 e. The molecule has 18 heavy (non-hydrogen) atoms. The van der Waals surface area contributed by atoms with Crippen LogP contribution < -0.4 is 0 Å². The molecule has 7 heteroatoms. The molecule has 0 aromatic heterocycles. The lowest BCUT2D eigenvalue weighted by Crippen LogP contribution is -2.45. The molecule has 0 unspecified atom stereocenters. The Bertz CT molecular complexity index is 212. The maximum absolute atomic E-state index is 5.75. The first kappa shape index (κ1) is 18.3. The fraction of sp³-hybridized carbons (Fsp3) is 0.909. The van der Waals surface area contributed by atoms with E-state index < -0.39 is 8.80 Å². The van der Waals surface area contributed by atoms with Gasteiger partial charge in [-0.25, -0.2) is 0 Å². The summed E-state index contributed by atoms with van der Waals surface area (Å²) in [5.74, 6) is 0. The van der Waals surface area contributed by atoms with E-state index in [1.807, 2.05) is 20.8 Å². The zero-order valence-corrected chi connectivity index (χ0v) is 14.1. The Morgan fingerprint density at radius 2 is 1.50 bits per heavy atom. The van der Waals surface area contributed by atoms with Crippen LogP contribution in [-0.4, -0.2) is 39.6 Å². The monoisotopic (exact) mass is 312 g/mol. The third kappa shape index (κ3) is 8.44. The first-order chi connectivity index (χ1) is 8.60. The van der Waals surface area contributed by atoms with Crippen LogP contribution in [0.15, 0.2) is 0 Å². The summed E-state index contributed by atoms with van der Waals surface area (Å²) in [6, 6.07) is 0.811. The average Bonchev–Trinajstić information content (AvgIpc) is 2.29. The molecular weight excluding hydrogens is 288 g/mol. The third-order valence-electron chi connectivity index (χ3n) is 2.20. The highest BCUT2D eigenvalue weighted by Gasteiger charge is 2.39.